The molecule has 0 bridgehead atoms. The molecule has 0 radical (unpaired) electrons. The van der Waals surface area contributed by atoms with Crippen molar-refractivity contribution >= 4 is 27.5 Å². The van der Waals surface area contributed by atoms with E-state index in [2.05, 4.69) is 4.98 Å². The van der Waals surface area contributed by atoms with Crippen LogP contribution in [-0.4, -0.2) is 19.2 Å². The first kappa shape index (κ1) is 20.4. The quantitative estimate of drug-likeness (QED) is 0.365. The number of nitrogens with one attached hydrogen (secondary N) is 1. The summed E-state index contributed by atoms with van der Waals surface area (Å²) in [5.74, 6) is -1.35. The number of hydrogen-bond acceptors (Lipinski definition) is 6. The Balaban J connectivity index is 1.92. The van der Waals surface area contributed by atoms with Gasteiger partial charge in [0.25, 0.3) is 11.1 Å². The summed E-state index contributed by atoms with van der Waals surface area (Å²) >= 11 is 0. The van der Waals surface area contributed by atoms with Gasteiger partial charge in [-0.1, -0.05) is 30.3 Å². The van der Waals surface area contributed by atoms with Gasteiger partial charge in [-0.15, -0.1) is 0 Å². The number of anilines is 1. The number of nitrogens with two attached hydrogens (primary N) is 1. The minimum atomic E-state index is -1.15. The van der Waals surface area contributed by atoms with Crippen molar-refractivity contribution < 1.29 is 9.52 Å². The molecular weight excluding hydrogens is 424 g/mol. The number of hydrogen-bond donors (Lipinski definition) is 3. The maximum Gasteiger partial charge on any atom is 0.332 e. The Morgan fingerprint density at radius 2 is 1.70 bits per heavy atom. The average Bonchev–Trinajstić information content (AvgIpc) is 3.35. The van der Waals surface area contributed by atoms with E-state index in [0.717, 1.165) is 19.9 Å². The van der Waals surface area contributed by atoms with Gasteiger partial charge in [0, 0.05) is 24.9 Å². The van der Waals surface area contributed by atoms with Gasteiger partial charge >= 0.3 is 5.69 Å². The lowest BCUT2D eigenvalue weighted by Crippen LogP contribution is -2.41. The lowest BCUT2D eigenvalue weighted by atomic mass is 9.88. The Hall–Kier alpha value is -4.53. The molecule has 3 aromatic heterocycles. The van der Waals surface area contributed by atoms with Crippen molar-refractivity contribution in [3.05, 3.63) is 103 Å². The van der Waals surface area contributed by atoms with Crippen LogP contribution in [0.5, 0.6) is 5.75 Å². The predicted molar refractivity (Wildman–Crippen MR) is 125 cm³/mol. The number of nitrogen functional groups attached to an aromatic ring is 1. The molecule has 9 nitrogen and oxygen atoms in total. The number of aromatic nitrogens is 3. The maximum absolute atomic E-state index is 13.4. The summed E-state index contributed by atoms with van der Waals surface area (Å²) in [7, 11) is 2.75. The number of benzene rings is 2. The Morgan fingerprint density at radius 3 is 2.42 bits per heavy atom. The van der Waals surface area contributed by atoms with Crippen LogP contribution in [0, 0.1) is 0 Å². The second-order valence-corrected chi connectivity index (χ2v) is 7.88. The molecule has 3 heterocycles. The molecule has 5 aromatic rings. The Labute approximate surface area is 185 Å². The lowest BCUT2D eigenvalue weighted by Gasteiger charge is -2.20. The van der Waals surface area contributed by atoms with Crippen molar-refractivity contribution in [2.75, 3.05) is 5.73 Å². The first-order valence-corrected chi connectivity index (χ1v) is 10.2. The van der Waals surface area contributed by atoms with Crippen molar-refractivity contribution in [2.24, 2.45) is 14.1 Å². The Morgan fingerprint density at radius 1 is 0.939 bits per heavy atom. The molecule has 0 fully saturated rings. The third-order valence-corrected chi connectivity index (χ3v) is 6.07. The normalized spacial score (nSPS) is 12.4. The zero-order chi connectivity index (χ0) is 23.4. The van der Waals surface area contributed by atoms with Crippen LogP contribution in [0.2, 0.25) is 0 Å². The number of pyridine rings is 1. The van der Waals surface area contributed by atoms with Gasteiger partial charge in [-0.25, -0.2) is 4.79 Å². The second-order valence-electron chi connectivity index (χ2n) is 7.88. The number of aromatic hydroxyl groups is 1. The fourth-order valence-electron chi connectivity index (χ4n) is 4.35. The van der Waals surface area contributed by atoms with Gasteiger partial charge in [0.05, 0.1) is 28.8 Å². The van der Waals surface area contributed by atoms with Gasteiger partial charge in [0.2, 0.25) is 0 Å². The third-order valence-electron chi connectivity index (χ3n) is 6.07. The molecule has 0 spiro atoms. The van der Waals surface area contributed by atoms with Crippen LogP contribution in [-0.2, 0) is 14.1 Å². The fraction of sp³-hybridized carbons (Fsp3) is 0.125. The summed E-state index contributed by atoms with van der Waals surface area (Å²) in [5.41, 5.74) is 4.62. The summed E-state index contributed by atoms with van der Waals surface area (Å²) in [6.07, 6.45) is 1.39. The van der Waals surface area contributed by atoms with E-state index >= 15 is 0 Å². The molecule has 0 aliphatic rings. The zero-order valence-corrected chi connectivity index (χ0v) is 17.8. The van der Waals surface area contributed by atoms with E-state index in [-0.39, 0.29) is 28.5 Å². The van der Waals surface area contributed by atoms with E-state index in [1.54, 1.807) is 18.2 Å². The van der Waals surface area contributed by atoms with Gasteiger partial charge in [0.15, 0.2) is 0 Å². The summed E-state index contributed by atoms with van der Waals surface area (Å²) in [6, 6.07) is 14.2. The Bertz CT molecular complexity index is 1730. The molecule has 2 aromatic carbocycles. The summed E-state index contributed by atoms with van der Waals surface area (Å²) in [6.45, 7) is 0. The molecule has 33 heavy (non-hydrogen) atoms. The van der Waals surface area contributed by atoms with Crippen LogP contribution in [0.3, 0.4) is 0 Å². The van der Waals surface area contributed by atoms with Crippen molar-refractivity contribution in [1.82, 2.24) is 14.1 Å². The fourth-order valence-corrected chi connectivity index (χ4v) is 4.35. The number of rotatable bonds is 3. The highest BCUT2D eigenvalue weighted by Gasteiger charge is 2.33. The highest BCUT2D eigenvalue weighted by atomic mass is 16.3. The molecule has 0 amide bonds. The second kappa shape index (κ2) is 7.27. The number of nitrogens with zero attached hydrogens (tertiary/aromatic N) is 2. The number of fused-ring (bicyclic) bond motifs is 3. The van der Waals surface area contributed by atoms with Gasteiger partial charge in [0.1, 0.15) is 17.3 Å². The van der Waals surface area contributed by atoms with E-state index in [4.69, 9.17) is 10.2 Å². The van der Waals surface area contributed by atoms with Crippen molar-refractivity contribution in [3.8, 4) is 5.75 Å². The summed E-state index contributed by atoms with van der Waals surface area (Å²) in [4.78, 5) is 41.8. The standard InChI is InChI=1S/C24H20N4O5/c1-27-21(25)18(23(31)28(2)24(27)32)16(15-8-5-11-33-15)17-20(29)14-10-9-12-6-3-4-7-13(12)19(14)26-22(17)30/h3-11,16H,25H2,1-2H3,(H2,26,29,30). The summed E-state index contributed by atoms with van der Waals surface area (Å²) < 4.78 is 7.58. The molecule has 4 N–H and O–H groups in total. The maximum atomic E-state index is 13.4. The molecule has 0 saturated heterocycles. The van der Waals surface area contributed by atoms with E-state index in [1.807, 2.05) is 30.3 Å². The molecular formula is C24H20N4O5. The van der Waals surface area contributed by atoms with Crippen LogP contribution in [0.4, 0.5) is 5.82 Å². The van der Waals surface area contributed by atoms with E-state index in [1.165, 1.54) is 20.4 Å². The predicted octanol–water partition coefficient (Wildman–Crippen LogP) is 2.14. The van der Waals surface area contributed by atoms with Crippen molar-refractivity contribution in [3.63, 3.8) is 0 Å². The van der Waals surface area contributed by atoms with Gasteiger partial charge in [-0.05, 0) is 23.6 Å². The smallest absolute Gasteiger partial charge is 0.332 e. The van der Waals surface area contributed by atoms with Crippen LogP contribution in [0.1, 0.15) is 22.8 Å². The van der Waals surface area contributed by atoms with E-state index < -0.39 is 22.7 Å². The van der Waals surface area contributed by atoms with Crippen LogP contribution >= 0.6 is 0 Å². The number of aromatic amines is 1. The van der Waals surface area contributed by atoms with E-state index in [9.17, 15) is 19.5 Å². The number of furan rings is 1. The first-order valence-electron chi connectivity index (χ1n) is 10.2. The molecule has 1 atom stereocenters. The van der Waals surface area contributed by atoms with Gasteiger partial charge < -0.3 is 20.2 Å². The van der Waals surface area contributed by atoms with Crippen molar-refractivity contribution in [1.29, 1.82) is 0 Å². The minimum Gasteiger partial charge on any atom is -0.507 e. The SMILES string of the molecule is Cn1c(N)c(C(c2ccco2)c2c(O)c3ccc4ccccc4c3[nH]c2=O)c(=O)n(C)c1=O. The topological polar surface area (TPSA) is 136 Å². The minimum absolute atomic E-state index is 0.0458. The van der Waals surface area contributed by atoms with Crippen LogP contribution < -0.4 is 22.5 Å². The lowest BCUT2D eigenvalue weighted by molar-refractivity contribution is 0.458. The molecule has 0 saturated carbocycles. The molecule has 5 rings (SSSR count). The molecule has 166 valence electrons. The molecule has 0 aliphatic carbocycles. The Kier molecular flexibility index (Phi) is 4.49. The summed E-state index contributed by atoms with van der Waals surface area (Å²) in [5, 5.41) is 13.4. The van der Waals surface area contributed by atoms with Crippen LogP contribution in [0.25, 0.3) is 21.7 Å². The molecule has 0 aliphatic heterocycles. The van der Waals surface area contributed by atoms with E-state index in [0.29, 0.717) is 10.9 Å². The van der Waals surface area contributed by atoms with Crippen LogP contribution in [0.15, 0.2) is 73.6 Å². The van der Waals surface area contributed by atoms with Crippen molar-refractivity contribution in [2.45, 2.75) is 5.92 Å². The van der Waals surface area contributed by atoms with Gasteiger partial charge in [-0.2, -0.15) is 0 Å². The average molecular weight is 444 g/mol. The highest BCUT2D eigenvalue weighted by Crippen LogP contribution is 2.39. The monoisotopic (exact) mass is 444 g/mol. The third kappa shape index (κ3) is 2.89. The van der Waals surface area contributed by atoms with Gasteiger partial charge in [-0.3, -0.25) is 18.7 Å². The first-order chi connectivity index (χ1) is 15.8. The molecule has 1 unspecified atom stereocenters. The highest BCUT2D eigenvalue weighted by molar-refractivity contribution is 6.07. The zero-order valence-electron chi connectivity index (χ0n) is 17.8. The number of H-pyrrole nitrogens is 1. The molecule has 9 heteroatoms. The largest absolute Gasteiger partial charge is 0.507 e.